The number of aliphatic imine (C=N–C) groups is 1. The lowest BCUT2D eigenvalue weighted by Gasteiger charge is -2.35. The van der Waals surface area contributed by atoms with Crippen molar-refractivity contribution in [3.05, 3.63) is 52.0 Å². The zero-order valence-electron chi connectivity index (χ0n) is 19.0. The van der Waals surface area contributed by atoms with Crippen LogP contribution in [0.5, 0.6) is 0 Å². The van der Waals surface area contributed by atoms with Gasteiger partial charge in [0.25, 0.3) is 0 Å². The Morgan fingerprint density at radius 1 is 1.06 bits per heavy atom. The summed E-state index contributed by atoms with van der Waals surface area (Å²) in [5.41, 5.74) is 1.29. The van der Waals surface area contributed by atoms with Gasteiger partial charge in [-0.15, -0.1) is 0 Å². The summed E-state index contributed by atoms with van der Waals surface area (Å²) in [4.78, 5) is 25.3. The molecule has 0 aromatic heterocycles. The van der Waals surface area contributed by atoms with Crippen molar-refractivity contribution >= 4 is 55.0 Å². The van der Waals surface area contributed by atoms with Crippen LogP contribution in [0.2, 0.25) is 5.02 Å². The lowest BCUT2D eigenvalue weighted by molar-refractivity contribution is -0.132. The summed E-state index contributed by atoms with van der Waals surface area (Å²) in [6.45, 7) is 7.69. The lowest BCUT2D eigenvalue weighted by Crippen LogP contribution is -2.49. The maximum absolute atomic E-state index is 12.9. The fourth-order valence-corrected chi connectivity index (χ4v) is 7.21. The van der Waals surface area contributed by atoms with Gasteiger partial charge in [-0.3, -0.25) is 14.7 Å². The summed E-state index contributed by atoms with van der Waals surface area (Å²) < 4.78 is 25.7. The first kappa shape index (κ1) is 23.7. The van der Waals surface area contributed by atoms with Gasteiger partial charge in [-0.2, -0.15) is 0 Å². The molecule has 0 spiro atoms. The first-order chi connectivity index (χ1) is 16.3. The molecule has 3 aliphatic heterocycles. The van der Waals surface area contributed by atoms with E-state index in [9.17, 15) is 13.2 Å². The molecule has 5 rings (SSSR count). The first-order valence-electron chi connectivity index (χ1n) is 11.4. The number of sulfone groups is 1. The van der Waals surface area contributed by atoms with Crippen molar-refractivity contribution in [3.63, 3.8) is 0 Å². The lowest BCUT2D eigenvalue weighted by atomic mass is 10.1. The van der Waals surface area contributed by atoms with Crippen LogP contribution in [0.15, 0.2) is 56.9 Å². The first-order valence-corrected chi connectivity index (χ1v) is 14.3. The van der Waals surface area contributed by atoms with Crippen molar-refractivity contribution in [1.82, 2.24) is 14.7 Å². The molecule has 3 aliphatic rings. The normalized spacial score (nSPS) is 19.2. The second kappa shape index (κ2) is 9.53. The predicted octanol–water partition coefficient (Wildman–Crippen LogP) is 3.45. The fourth-order valence-electron chi connectivity index (χ4n) is 4.55. The quantitative estimate of drug-likeness (QED) is 0.583. The van der Waals surface area contributed by atoms with Crippen molar-refractivity contribution in [1.29, 1.82) is 0 Å². The van der Waals surface area contributed by atoms with Gasteiger partial charge in [0.2, 0.25) is 5.91 Å². The van der Waals surface area contributed by atoms with Crippen LogP contribution in [0.1, 0.15) is 13.3 Å². The summed E-state index contributed by atoms with van der Waals surface area (Å²) in [6, 6.07) is 10.3. The number of rotatable bonds is 6. The molecule has 34 heavy (non-hydrogen) atoms. The number of amides is 1. The minimum absolute atomic E-state index is 0.00408. The highest BCUT2D eigenvalue weighted by atomic mass is 35.5. The van der Waals surface area contributed by atoms with Gasteiger partial charge in [-0.05, 0) is 42.0 Å². The maximum atomic E-state index is 12.9. The molecular weight excluding hydrogens is 492 g/mol. The second-order valence-electron chi connectivity index (χ2n) is 8.81. The summed E-state index contributed by atoms with van der Waals surface area (Å²) in [6.07, 6.45) is -0.00408. The van der Waals surface area contributed by atoms with E-state index in [0.717, 1.165) is 48.7 Å². The molecule has 0 bridgehead atoms. The number of allylic oxidation sites excluding steroid dienone is 1. The van der Waals surface area contributed by atoms with E-state index >= 15 is 0 Å². The summed E-state index contributed by atoms with van der Waals surface area (Å²) >= 11 is 7.77. The van der Waals surface area contributed by atoms with Crippen molar-refractivity contribution in [2.75, 3.05) is 51.6 Å². The predicted molar refractivity (Wildman–Crippen MR) is 138 cm³/mol. The SMILES string of the molecule is CC1=C(CN2CCN(C(=O)CCS(=O)(=O)c3ccc4cc(Cl)ccc4c3)CC2)SC2=NCCN21. The summed E-state index contributed by atoms with van der Waals surface area (Å²) in [5.74, 6) is -0.289. The van der Waals surface area contributed by atoms with Crippen molar-refractivity contribution in [3.8, 4) is 0 Å². The molecule has 180 valence electrons. The van der Waals surface area contributed by atoms with Crippen molar-refractivity contribution < 1.29 is 13.2 Å². The topological polar surface area (TPSA) is 73.3 Å². The van der Waals surface area contributed by atoms with Crippen LogP contribution < -0.4 is 0 Å². The highest BCUT2D eigenvalue weighted by Crippen LogP contribution is 2.36. The van der Waals surface area contributed by atoms with Gasteiger partial charge >= 0.3 is 0 Å². The molecule has 1 amide bonds. The van der Waals surface area contributed by atoms with Crippen molar-refractivity contribution in [2.24, 2.45) is 4.99 Å². The Morgan fingerprint density at radius 2 is 1.79 bits per heavy atom. The number of thioether (sulfide) groups is 1. The molecule has 2 aromatic carbocycles. The molecule has 2 aromatic rings. The number of hydrogen-bond donors (Lipinski definition) is 0. The molecule has 1 fully saturated rings. The fraction of sp³-hybridized carbons (Fsp3) is 0.417. The van der Waals surface area contributed by atoms with Crippen molar-refractivity contribution in [2.45, 2.75) is 18.2 Å². The number of amidine groups is 1. The minimum atomic E-state index is -3.55. The number of nitrogens with zero attached hydrogens (tertiary/aromatic N) is 4. The molecular formula is C24H27ClN4O3S2. The average molecular weight is 519 g/mol. The molecule has 1 saturated heterocycles. The molecule has 0 N–H and O–H groups in total. The number of halogens is 1. The molecule has 0 aliphatic carbocycles. The Hall–Kier alpha value is -2.07. The van der Waals surface area contributed by atoms with E-state index in [-0.39, 0.29) is 23.0 Å². The van der Waals surface area contributed by atoms with Crippen LogP contribution in [-0.4, -0.2) is 85.8 Å². The molecule has 0 radical (unpaired) electrons. The van der Waals surface area contributed by atoms with Crippen LogP contribution in [0.3, 0.4) is 0 Å². The van der Waals surface area contributed by atoms with E-state index in [0.29, 0.717) is 18.1 Å². The number of fused-ring (bicyclic) bond motifs is 2. The molecule has 0 saturated carbocycles. The van der Waals surface area contributed by atoms with E-state index in [4.69, 9.17) is 11.6 Å². The van der Waals surface area contributed by atoms with Gasteiger partial charge in [0.15, 0.2) is 15.0 Å². The van der Waals surface area contributed by atoms with Gasteiger partial charge < -0.3 is 9.80 Å². The van der Waals surface area contributed by atoms with Crippen LogP contribution in [0.4, 0.5) is 0 Å². The molecule has 10 heteroatoms. The van der Waals surface area contributed by atoms with Crippen LogP contribution >= 0.6 is 23.4 Å². The third-order valence-corrected chi connectivity index (χ3v) is 9.79. The molecule has 0 unspecified atom stereocenters. The Labute approximate surface area is 209 Å². The monoisotopic (exact) mass is 518 g/mol. The zero-order valence-corrected chi connectivity index (χ0v) is 21.4. The standard InChI is InChI=1S/C24H27ClN4O3S2/c1-17-22(33-24-26-7-8-29(17)24)16-27-9-11-28(12-10-27)23(30)6-13-34(31,32)21-5-3-18-14-20(25)4-2-19(18)15-21/h2-5,14-15H,6-13,16H2,1H3. The smallest absolute Gasteiger partial charge is 0.223 e. The van der Waals surface area contributed by atoms with Crippen LogP contribution in [0, 0.1) is 0 Å². The van der Waals surface area contributed by atoms with E-state index in [2.05, 4.69) is 21.7 Å². The Morgan fingerprint density at radius 3 is 2.56 bits per heavy atom. The molecule has 7 nitrogen and oxygen atoms in total. The van der Waals surface area contributed by atoms with Gasteiger partial charge in [0.1, 0.15) is 0 Å². The van der Waals surface area contributed by atoms with Gasteiger partial charge in [0, 0.05) is 61.3 Å². The van der Waals surface area contributed by atoms with E-state index in [1.54, 1.807) is 53.1 Å². The number of carbonyl (C=O) groups is 1. The number of hydrogen-bond acceptors (Lipinski definition) is 7. The Kier molecular flexibility index (Phi) is 6.63. The highest BCUT2D eigenvalue weighted by Gasteiger charge is 2.31. The Balaban J connectivity index is 1.13. The molecule has 3 heterocycles. The van der Waals surface area contributed by atoms with Gasteiger partial charge in [-0.25, -0.2) is 8.42 Å². The highest BCUT2D eigenvalue weighted by molar-refractivity contribution is 8.17. The van der Waals surface area contributed by atoms with Crippen LogP contribution in [-0.2, 0) is 14.6 Å². The third kappa shape index (κ3) is 4.84. The van der Waals surface area contributed by atoms with Gasteiger partial charge in [-0.1, -0.05) is 35.5 Å². The number of benzene rings is 2. The van der Waals surface area contributed by atoms with Gasteiger partial charge in [0.05, 0.1) is 17.2 Å². The number of carbonyl (C=O) groups excluding carboxylic acids is 1. The zero-order chi connectivity index (χ0) is 23.9. The largest absolute Gasteiger partial charge is 0.340 e. The number of piperazine rings is 1. The van der Waals surface area contributed by atoms with E-state index < -0.39 is 9.84 Å². The maximum Gasteiger partial charge on any atom is 0.223 e. The third-order valence-electron chi connectivity index (χ3n) is 6.63. The second-order valence-corrected chi connectivity index (χ2v) is 12.4. The average Bonchev–Trinajstić information content (AvgIpc) is 3.40. The van der Waals surface area contributed by atoms with E-state index in [1.165, 1.54) is 10.6 Å². The molecule has 0 atom stereocenters. The Bertz CT molecular complexity index is 1300. The van der Waals surface area contributed by atoms with E-state index in [1.807, 2.05) is 0 Å². The summed E-state index contributed by atoms with van der Waals surface area (Å²) in [5, 5.41) is 3.41. The summed E-state index contributed by atoms with van der Waals surface area (Å²) in [7, 11) is -3.55. The minimum Gasteiger partial charge on any atom is -0.340 e. The van der Waals surface area contributed by atoms with Crippen LogP contribution in [0.25, 0.3) is 10.8 Å².